The highest BCUT2D eigenvalue weighted by Crippen LogP contribution is 2.28. The molecule has 1 atom stereocenters. The smallest absolute Gasteiger partial charge is 0.262 e. The SMILES string of the molecule is CC(C)c1ccc(NC(=O)COc2ccc(S(=O)(=O)N[C@@H](C)c3ccccc3)cc2Cl)cc1. The molecule has 0 unspecified atom stereocenters. The van der Waals surface area contributed by atoms with Crippen LogP contribution < -0.4 is 14.8 Å². The molecule has 0 saturated carbocycles. The topological polar surface area (TPSA) is 84.5 Å². The highest BCUT2D eigenvalue weighted by molar-refractivity contribution is 7.89. The Labute approximate surface area is 200 Å². The molecule has 0 heterocycles. The van der Waals surface area contributed by atoms with E-state index in [1.54, 1.807) is 6.92 Å². The fraction of sp³-hybridized carbons (Fsp3) is 0.240. The maximum atomic E-state index is 12.7. The number of nitrogens with one attached hydrogen (secondary N) is 2. The van der Waals surface area contributed by atoms with Crippen molar-refractivity contribution >= 4 is 33.2 Å². The summed E-state index contributed by atoms with van der Waals surface area (Å²) in [6, 6.07) is 20.6. The molecule has 3 rings (SSSR count). The van der Waals surface area contributed by atoms with E-state index in [0.29, 0.717) is 11.6 Å². The Bertz CT molecular complexity index is 1200. The number of carbonyl (C=O) groups excluding carboxylic acids is 1. The maximum absolute atomic E-state index is 12.7. The van der Waals surface area contributed by atoms with Gasteiger partial charge in [0.1, 0.15) is 5.75 Å². The monoisotopic (exact) mass is 486 g/mol. The van der Waals surface area contributed by atoms with Crippen LogP contribution in [-0.4, -0.2) is 20.9 Å². The third-order valence-corrected chi connectivity index (χ3v) is 6.90. The number of carbonyl (C=O) groups is 1. The Balaban J connectivity index is 1.60. The molecule has 33 heavy (non-hydrogen) atoms. The molecule has 0 spiro atoms. The molecular weight excluding hydrogens is 460 g/mol. The first-order valence-electron chi connectivity index (χ1n) is 10.5. The van der Waals surface area contributed by atoms with Crippen molar-refractivity contribution in [3.63, 3.8) is 0 Å². The van der Waals surface area contributed by atoms with Crippen LogP contribution in [-0.2, 0) is 14.8 Å². The molecule has 0 aliphatic carbocycles. The Kier molecular flexibility index (Phi) is 8.13. The third kappa shape index (κ3) is 6.81. The zero-order valence-corrected chi connectivity index (χ0v) is 20.3. The lowest BCUT2D eigenvalue weighted by Gasteiger charge is -2.15. The zero-order chi connectivity index (χ0) is 24.0. The van der Waals surface area contributed by atoms with Crippen molar-refractivity contribution in [1.82, 2.24) is 4.72 Å². The van der Waals surface area contributed by atoms with E-state index in [9.17, 15) is 13.2 Å². The number of amides is 1. The van der Waals surface area contributed by atoms with Crippen molar-refractivity contribution in [3.8, 4) is 5.75 Å². The van der Waals surface area contributed by atoms with Gasteiger partial charge >= 0.3 is 0 Å². The minimum Gasteiger partial charge on any atom is -0.482 e. The maximum Gasteiger partial charge on any atom is 0.262 e. The molecule has 0 fully saturated rings. The average Bonchev–Trinajstić information content (AvgIpc) is 2.79. The van der Waals surface area contributed by atoms with E-state index in [4.69, 9.17) is 16.3 Å². The van der Waals surface area contributed by atoms with Crippen LogP contribution in [0.1, 0.15) is 43.9 Å². The summed E-state index contributed by atoms with van der Waals surface area (Å²) in [6.07, 6.45) is 0. The van der Waals surface area contributed by atoms with Gasteiger partial charge in [0.15, 0.2) is 6.61 Å². The van der Waals surface area contributed by atoms with Gasteiger partial charge in [0.05, 0.1) is 9.92 Å². The van der Waals surface area contributed by atoms with Crippen LogP contribution in [0.4, 0.5) is 5.69 Å². The first-order valence-corrected chi connectivity index (χ1v) is 12.4. The van der Waals surface area contributed by atoms with Crippen molar-refractivity contribution in [2.24, 2.45) is 0 Å². The number of ether oxygens (including phenoxy) is 1. The molecular formula is C25H27ClN2O4S. The van der Waals surface area contributed by atoms with Crippen LogP contribution in [0.25, 0.3) is 0 Å². The highest BCUT2D eigenvalue weighted by Gasteiger charge is 2.20. The molecule has 1 amide bonds. The first-order chi connectivity index (χ1) is 15.7. The van der Waals surface area contributed by atoms with Crippen molar-refractivity contribution in [3.05, 3.63) is 88.9 Å². The van der Waals surface area contributed by atoms with Crippen LogP contribution in [0.5, 0.6) is 5.75 Å². The number of anilines is 1. The quantitative estimate of drug-likeness (QED) is 0.417. The summed E-state index contributed by atoms with van der Waals surface area (Å²) in [5.41, 5.74) is 2.69. The van der Waals surface area contributed by atoms with Crippen molar-refractivity contribution < 1.29 is 17.9 Å². The molecule has 3 aromatic rings. The van der Waals surface area contributed by atoms with E-state index in [1.165, 1.54) is 23.8 Å². The summed E-state index contributed by atoms with van der Waals surface area (Å²) in [7, 11) is -3.80. The predicted octanol–water partition coefficient (Wildman–Crippen LogP) is 5.52. The summed E-state index contributed by atoms with van der Waals surface area (Å²) in [5, 5.41) is 2.85. The van der Waals surface area contributed by atoms with Crippen LogP contribution in [0.2, 0.25) is 5.02 Å². The Morgan fingerprint density at radius 1 is 0.939 bits per heavy atom. The lowest BCUT2D eigenvalue weighted by atomic mass is 10.0. The van der Waals surface area contributed by atoms with E-state index in [2.05, 4.69) is 23.9 Å². The van der Waals surface area contributed by atoms with E-state index < -0.39 is 16.1 Å². The minimum atomic E-state index is -3.80. The molecule has 2 N–H and O–H groups in total. The molecule has 3 aromatic carbocycles. The van der Waals surface area contributed by atoms with E-state index >= 15 is 0 Å². The van der Waals surface area contributed by atoms with Gasteiger partial charge in [-0.25, -0.2) is 13.1 Å². The Morgan fingerprint density at radius 3 is 2.21 bits per heavy atom. The van der Waals surface area contributed by atoms with Gasteiger partial charge in [0, 0.05) is 11.7 Å². The number of benzene rings is 3. The largest absolute Gasteiger partial charge is 0.482 e. The molecule has 8 heteroatoms. The molecule has 0 aromatic heterocycles. The predicted molar refractivity (Wildman–Crippen MR) is 131 cm³/mol. The molecule has 174 valence electrons. The lowest BCUT2D eigenvalue weighted by Crippen LogP contribution is -2.27. The van der Waals surface area contributed by atoms with Crippen LogP contribution in [0.3, 0.4) is 0 Å². The van der Waals surface area contributed by atoms with Gasteiger partial charge < -0.3 is 10.1 Å². The van der Waals surface area contributed by atoms with Gasteiger partial charge in [0.2, 0.25) is 10.0 Å². The van der Waals surface area contributed by atoms with E-state index in [-0.39, 0.29) is 28.2 Å². The van der Waals surface area contributed by atoms with Crippen LogP contribution in [0, 0.1) is 0 Å². The highest BCUT2D eigenvalue weighted by atomic mass is 35.5. The van der Waals surface area contributed by atoms with Gasteiger partial charge in [-0.3, -0.25) is 4.79 Å². The first kappa shape index (κ1) is 24.8. The van der Waals surface area contributed by atoms with Gasteiger partial charge in [0.25, 0.3) is 5.91 Å². The summed E-state index contributed by atoms with van der Waals surface area (Å²) in [6.45, 7) is 5.70. The third-order valence-electron chi connectivity index (χ3n) is 5.07. The second-order valence-electron chi connectivity index (χ2n) is 7.96. The van der Waals surface area contributed by atoms with Crippen LogP contribution in [0.15, 0.2) is 77.7 Å². The lowest BCUT2D eigenvalue weighted by molar-refractivity contribution is -0.118. The standard InChI is InChI=1S/C25H27ClN2O4S/c1-17(2)19-9-11-21(12-10-19)27-25(29)16-32-24-14-13-22(15-23(24)26)33(30,31)28-18(3)20-7-5-4-6-8-20/h4-15,17-18,28H,16H2,1-3H3,(H,27,29)/t18-/m0/s1. The second-order valence-corrected chi connectivity index (χ2v) is 10.1. The van der Waals surface area contributed by atoms with E-state index in [1.807, 2.05) is 54.6 Å². The number of rotatable bonds is 9. The molecule has 0 saturated heterocycles. The summed E-state index contributed by atoms with van der Waals surface area (Å²) < 4.78 is 33.6. The molecule has 6 nitrogen and oxygen atoms in total. The summed E-state index contributed by atoms with van der Waals surface area (Å²) >= 11 is 6.23. The van der Waals surface area contributed by atoms with Gasteiger partial charge in [-0.05, 0) is 54.3 Å². The summed E-state index contributed by atoms with van der Waals surface area (Å²) in [5.74, 6) is 0.277. The molecule has 0 aliphatic heterocycles. The van der Waals surface area contributed by atoms with Gasteiger partial charge in [-0.15, -0.1) is 0 Å². The Hall–Kier alpha value is -2.87. The van der Waals surface area contributed by atoms with Gasteiger partial charge in [-0.2, -0.15) is 0 Å². The zero-order valence-electron chi connectivity index (χ0n) is 18.7. The van der Waals surface area contributed by atoms with Crippen molar-refractivity contribution in [2.75, 3.05) is 11.9 Å². The Morgan fingerprint density at radius 2 is 1.61 bits per heavy atom. The molecule has 0 radical (unpaired) electrons. The number of hydrogen-bond acceptors (Lipinski definition) is 4. The van der Waals surface area contributed by atoms with E-state index in [0.717, 1.165) is 5.56 Å². The minimum absolute atomic E-state index is 0.0114. The second kappa shape index (κ2) is 10.8. The molecule has 0 aliphatic rings. The fourth-order valence-electron chi connectivity index (χ4n) is 3.17. The van der Waals surface area contributed by atoms with Crippen LogP contribution >= 0.6 is 11.6 Å². The molecule has 0 bridgehead atoms. The fourth-order valence-corrected chi connectivity index (χ4v) is 4.73. The van der Waals surface area contributed by atoms with Gasteiger partial charge in [-0.1, -0.05) is 67.9 Å². The number of sulfonamides is 1. The number of halogens is 1. The van der Waals surface area contributed by atoms with Crippen molar-refractivity contribution in [1.29, 1.82) is 0 Å². The van der Waals surface area contributed by atoms with Crippen molar-refractivity contribution in [2.45, 2.75) is 37.6 Å². The average molecular weight is 487 g/mol. The summed E-state index contributed by atoms with van der Waals surface area (Å²) in [4.78, 5) is 12.2. The normalized spacial score (nSPS) is 12.4. The number of hydrogen-bond donors (Lipinski definition) is 2.